The standard InChI is InChI=1S/C21H27N5O/c1-14-7-9-15(10-8-14)26-13-16(17(24-26)20(2,3)4)18-23-19(25-27-18)21(22)11-5-6-12-21/h7-10,13H,5-6,11-12,22H2,1-4H3. The van der Waals surface area contributed by atoms with E-state index < -0.39 is 5.54 Å². The van der Waals surface area contributed by atoms with Gasteiger partial charge < -0.3 is 10.3 Å². The summed E-state index contributed by atoms with van der Waals surface area (Å²) in [7, 11) is 0. The van der Waals surface area contributed by atoms with Gasteiger partial charge in [0.15, 0.2) is 5.82 Å². The van der Waals surface area contributed by atoms with Crippen molar-refractivity contribution in [3.05, 3.63) is 47.5 Å². The first-order chi connectivity index (χ1) is 12.8. The molecule has 0 radical (unpaired) electrons. The van der Waals surface area contributed by atoms with E-state index in [1.54, 1.807) is 0 Å². The molecule has 0 unspecified atom stereocenters. The topological polar surface area (TPSA) is 82.8 Å². The Hall–Kier alpha value is -2.47. The van der Waals surface area contributed by atoms with Gasteiger partial charge in [-0.1, -0.05) is 56.5 Å². The van der Waals surface area contributed by atoms with Crippen LogP contribution in [0.3, 0.4) is 0 Å². The second-order valence-electron chi connectivity index (χ2n) is 8.71. The lowest BCUT2D eigenvalue weighted by molar-refractivity contribution is 0.372. The molecule has 2 heterocycles. The van der Waals surface area contributed by atoms with Crippen LogP contribution in [-0.4, -0.2) is 19.9 Å². The maximum atomic E-state index is 6.50. The molecular weight excluding hydrogens is 338 g/mol. The molecule has 0 bridgehead atoms. The van der Waals surface area contributed by atoms with Gasteiger partial charge in [0.1, 0.15) is 0 Å². The fourth-order valence-electron chi connectivity index (χ4n) is 3.68. The van der Waals surface area contributed by atoms with E-state index in [9.17, 15) is 0 Å². The van der Waals surface area contributed by atoms with E-state index in [0.717, 1.165) is 42.6 Å². The third-order valence-electron chi connectivity index (χ3n) is 5.32. The monoisotopic (exact) mass is 365 g/mol. The molecule has 2 N–H and O–H groups in total. The van der Waals surface area contributed by atoms with Crippen LogP contribution < -0.4 is 5.73 Å². The molecule has 0 aliphatic heterocycles. The lowest BCUT2D eigenvalue weighted by atomic mass is 9.89. The van der Waals surface area contributed by atoms with Crippen molar-refractivity contribution >= 4 is 0 Å². The molecule has 2 aromatic heterocycles. The normalized spacial score (nSPS) is 16.8. The number of nitrogens with zero attached hydrogens (tertiary/aromatic N) is 4. The van der Waals surface area contributed by atoms with Gasteiger partial charge in [0, 0.05) is 11.6 Å². The highest BCUT2D eigenvalue weighted by Gasteiger charge is 2.37. The lowest BCUT2D eigenvalue weighted by Gasteiger charge is -2.18. The molecule has 6 nitrogen and oxygen atoms in total. The van der Waals surface area contributed by atoms with Crippen LogP contribution in [0.5, 0.6) is 0 Å². The molecule has 0 amide bonds. The van der Waals surface area contributed by atoms with Gasteiger partial charge in [-0.2, -0.15) is 10.1 Å². The van der Waals surface area contributed by atoms with Gasteiger partial charge >= 0.3 is 0 Å². The highest BCUT2D eigenvalue weighted by Crippen LogP contribution is 2.37. The molecule has 1 aliphatic rings. The smallest absolute Gasteiger partial charge is 0.261 e. The van der Waals surface area contributed by atoms with Crippen molar-refractivity contribution in [2.75, 3.05) is 0 Å². The third kappa shape index (κ3) is 3.30. The summed E-state index contributed by atoms with van der Waals surface area (Å²) in [6.07, 6.45) is 6.00. The number of hydrogen-bond acceptors (Lipinski definition) is 5. The van der Waals surface area contributed by atoms with Crippen molar-refractivity contribution in [1.29, 1.82) is 0 Å². The van der Waals surface area contributed by atoms with Crippen LogP contribution in [0.15, 0.2) is 35.0 Å². The number of benzene rings is 1. The Bertz CT molecular complexity index is 940. The van der Waals surface area contributed by atoms with Crippen LogP contribution in [0.4, 0.5) is 0 Å². The number of hydrogen-bond donors (Lipinski definition) is 1. The number of nitrogens with two attached hydrogens (primary N) is 1. The maximum Gasteiger partial charge on any atom is 0.261 e. The second-order valence-corrected chi connectivity index (χ2v) is 8.71. The largest absolute Gasteiger partial charge is 0.334 e. The van der Waals surface area contributed by atoms with E-state index in [0.29, 0.717) is 11.7 Å². The van der Waals surface area contributed by atoms with Crippen LogP contribution in [0.25, 0.3) is 17.1 Å². The van der Waals surface area contributed by atoms with Crippen LogP contribution in [0.1, 0.15) is 63.5 Å². The first kappa shape index (κ1) is 17.9. The zero-order chi connectivity index (χ0) is 19.2. The minimum atomic E-state index is -0.462. The van der Waals surface area contributed by atoms with Crippen molar-refractivity contribution in [3.8, 4) is 17.1 Å². The summed E-state index contributed by atoms with van der Waals surface area (Å²) in [6.45, 7) is 8.48. The van der Waals surface area contributed by atoms with Gasteiger partial charge in [-0.15, -0.1) is 0 Å². The predicted molar refractivity (Wildman–Crippen MR) is 105 cm³/mol. The molecule has 1 fully saturated rings. The van der Waals surface area contributed by atoms with Gasteiger partial charge in [0.2, 0.25) is 0 Å². The molecule has 0 spiro atoms. The third-order valence-corrected chi connectivity index (χ3v) is 5.32. The van der Waals surface area contributed by atoms with E-state index in [-0.39, 0.29) is 5.41 Å². The zero-order valence-corrected chi connectivity index (χ0v) is 16.5. The van der Waals surface area contributed by atoms with Crippen LogP contribution in [0.2, 0.25) is 0 Å². The average molecular weight is 365 g/mol. The molecule has 1 saturated carbocycles. The molecule has 3 aromatic rings. The molecule has 6 heteroatoms. The highest BCUT2D eigenvalue weighted by molar-refractivity contribution is 5.58. The SMILES string of the molecule is Cc1ccc(-n2cc(-c3nc(C4(N)CCCC4)no3)c(C(C)(C)C)n2)cc1. The molecule has 142 valence electrons. The van der Waals surface area contributed by atoms with Crippen molar-refractivity contribution in [2.45, 2.75) is 64.3 Å². The van der Waals surface area contributed by atoms with Crippen molar-refractivity contribution in [3.63, 3.8) is 0 Å². The molecule has 27 heavy (non-hydrogen) atoms. The number of aryl methyl sites for hydroxylation is 1. The maximum absolute atomic E-state index is 6.50. The second kappa shape index (κ2) is 6.30. The Kier molecular flexibility index (Phi) is 4.18. The van der Waals surface area contributed by atoms with Crippen LogP contribution in [0, 0.1) is 6.92 Å². The summed E-state index contributed by atoms with van der Waals surface area (Å²) in [5.74, 6) is 1.10. The summed E-state index contributed by atoms with van der Waals surface area (Å²) >= 11 is 0. The van der Waals surface area contributed by atoms with Gasteiger partial charge in [-0.3, -0.25) is 0 Å². The lowest BCUT2D eigenvalue weighted by Crippen LogP contribution is -2.34. The van der Waals surface area contributed by atoms with E-state index in [4.69, 9.17) is 15.4 Å². The quantitative estimate of drug-likeness (QED) is 0.750. The molecule has 0 atom stereocenters. The number of aromatic nitrogens is 4. The predicted octanol–water partition coefficient (Wildman–Crippen LogP) is 4.26. The van der Waals surface area contributed by atoms with Crippen LogP contribution in [-0.2, 0) is 11.0 Å². The number of rotatable bonds is 3. The van der Waals surface area contributed by atoms with E-state index in [1.165, 1.54) is 5.56 Å². The van der Waals surface area contributed by atoms with Gasteiger partial charge in [-0.05, 0) is 31.9 Å². The fourth-order valence-corrected chi connectivity index (χ4v) is 3.68. The first-order valence-corrected chi connectivity index (χ1v) is 9.57. The fraction of sp³-hybridized carbons (Fsp3) is 0.476. The molecule has 1 aromatic carbocycles. The van der Waals surface area contributed by atoms with Gasteiger partial charge in [-0.25, -0.2) is 4.68 Å². The van der Waals surface area contributed by atoms with Crippen molar-refractivity contribution < 1.29 is 4.52 Å². The minimum absolute atomic E-state index is 0.159. The summed E-state index contributed by atoms with van der Waals surface area (Å²) in [4.78, 5) is 4.67. The molecule has 1 aliphatic carbocycles. The Labute approximate surface area is 159 Å². The van der Waals surface area contributed by atoms with Gasteiger partial charge in [0.25, 0.3) is 5.89 Å². The Morgan fingerprint density at radius 1 is 1.11 bits per heavy atom. The van der Waals surface area contributed by atoms with Crippen LogP contribution >= 0.6 is 0 Å². The van der Waals surface area contributed by atoms with E-state index in [2.05, 4.69) is 62.1 Å². The molecular formula is C21H27N5O. The Balaban J connectivity index is 1.78. The highest BCUT2D eigenvalue weighted by atomic mass is 16.5. The summed E-state index contributed by atoms with van der Waals surface area (Å²) in [5, 5.41) is 9.05. The average Bonchev–Trinajstić information content (AvgIpc) is 3.33. The zero-order valence-electron chi connectivity index (χ0n) is 16.5. The van der Waals surface area contributed by atoms with E-state index >= 15 is 0 Å². The molecule has 4 rings (SSSR count). The molecule has 0 saturated heterocycles. The Morgan fingerprint density at radius 3 is 2.41 bits per heavy atom. The summed E-state index contributed by atoms with van der Waals surface area (Å²) in [6, 6.07) is 8.28. The van der Waals surface area contributed by atoms with E-state index in [1.807, 2.05) is 10.9 Å². The summed E-state index contributed by atoms with van der Waals surface area (Å²) < 4.78 is 7.52. The summed E-state index contributed by atoms with van der Waals surface area (Å²) in [5.41, 5.74) is 9.89. The minimum Gasteiger partial charge on any atom is -0.334 e. The van der Waals surface area contributed by atoms with Crippen molar-refractivity contribution in [2.24, 2.45) is 5.73 Å². The van der Waals surface area contributed by atoms with Crippen molar-refractivity contribution in [1.82, 2.24) is 19.9 Å². The first-order valence-electron chi connectivity index (χ1n) is 9.57. The van der Waals surface area contributed by atoms with Gasteiger partial charge in [0.05, 0.1) is 22.5 Å². The Morgan fingerprint density at radius 2 is 1.78 bits per heavy atom.